The van der Waals surface area contributed by atoms with Crippen LogP contribution in [0.4, 0.5) is 0 Å². The largest absolute Gasteiger partial charge is 0.305 e. The van der Waals surface area contributed by atoms with Gasteiger partial charge in [0.1, 0.15) is 0 Å². The number of hydrogen-bond acceptors (Lipinski definition) is 3. The Hall–Kier alpha value is -0.640. The van der Waals surface area contributed by atoms with Gasteiger partial charge in [-0.1, -0.05) is 5.22 Å². The van der Waals surface area contributed by atoms with Crippen LogP contribution in [-0.4, -0.2) is 30.6 Å². The van der Waals surface area contributed by atoms with Gasteiger partial charge in [-0.2, -0.15) is 5.11 Å². The molecule has 3 heterocycles. The SMILES string of the molecule is NN=NC1CN2CCC1CC2. The Balaban J connectivity index is 2.02. The monoisotopic (exact) mass is 154 g/mol. The fourth-order valence-corrected chi connectivity index (χ4v) is 2.15. The molecule has 1 unspecified atom stereocenters. The standard InChI is InChI=1S/C7H14N4/c8-10-9-7-5-11-3-1-6(7)2-4-11/h6-7H,1-5H2,(H2,8,9). The molecule has 0 amide bonds. The summed E-state index contributed by atoms with van der Waals surface area (Å²) in [5, 5.41) is 7.40. The minimum atomic E-state index is 0.391. The highest BCUT2D eigenvalue weighted by molar-refractivity contribution is 4.89. The predicted octanol–water partition coefficient (Wildman–Crippen LogP) is 0.406. The number of nitrogens with zero attached hydrogens (tertiary/aromatic N) is 3. The number of hydrogen-bond donors (Lipinski definition) is 1. The van der Waals surface area contributed by atoms with Crippen LogP contribution in [0.5, 0.6) is 0 Å². The molecule has 3 saturated heterocycles. The van der Waals surface area contributed by atoms with Gasteiger partial charge in [-0.25, -0.2) is 0 Å². The summed E-state index contributed by atoms with van der Waals surface area (Å²) in [6, 6.07) is 0.391. The molecule has 1 atom stereocenters. The highest BCUT2D eigenvalue weighted by Crippen LogP contribution is 2.29. The van der Waals surface area contributed by atoms with E-state index >= 15 is 0 Å². The van der Waals surface area contributed by atoms with E-state index in [9.17, 15) is 0 Å². The second kappa shape index (κ2) is 2.77. The number of nitrogens with two attached hydrogens (primary N) is 1. The maximum absolute atomic E-state index is 5.03. The van der Waals surface area contributed by atoms with Gasteiger partial charge in [0.15, 0.2) is 0 Å². The Morgan fingerprint density at radius 3 is 2.45 bits per heavy atom. The van der Waals surface area contributed by atoms with Crippen molar-refractivity contribution in [3.8, 4) is 0 Å². The Morgan fingerprint density at radius 2 is 2.00 bits per heavy atom. The molecule has 4 nitrogen and oxygen atoms in total. The summed E-state index contributed by atoms with van der Waals surface area (Å²) >= 11 is 0. The molecular weight excluding hydrogens is 140 g/mol. The van der Waals surface area contributed by atoms with E-state index in [2.05, 4.69) is 15.2 Å². The molecule has 3 rings (SSSR count). The third-order valence-electron chi connectivity index (χ3n) is 2.84. The van der Waals surface area contributed by atoms with Gasteiger partial charge in [0.05, 0.1) is 6.04 Å². The van der Waals surface area contributed by atoms with Crippen molar-refractivity contribution < 1.29 is 0 Å². The molecule has 3 aliphatic heterocycles. The van der Waals surface area contributed by atoms with Gasteiger partial charge in [-0.05, 0) is 31.8 Å². The molecule has 2 N–H and O–H groups in total. The molecule has 0 radical (unpaired) electrons. The van der Waals surface area contributed by atoms with E-state index in [0.29, 0.717) is 6.04 Å². The molecule has 0 aromatic heterocycles. The highest BCUT2D eigenvalue weighted by Gasteiger charge is 2.33. The fourth-order valence-electron chi connectivity index (χ4n) is 2.15. The van der Waals surface area contributed by atoms with Gasteiger partial charge in [-0.15, -0.1) is 0 Å². The Morgan fingerprint density at radius 1 is 1.27 bits per heavy atom. The second-order valence-corrected chi connectivity index (χ2v) is 3.44. The van der Waals surface area contributed by atoms with Crippen molar-refractivity contribution in [3.63, 3.8) is 0 Å². The zero-order chi connectivity index (χ0) is 7.68. The van der Waals surface area contributed by atoms with E-state index in [-0.39, 0.29) is 0 Å². The first-order valence-electron chi connectivity index (χ1n) is 4.22. The summed E-state index contributed by atoms with van der Waals surface area (Å²) in [7, 11) is 0. The lowest BCUT2D eigenvalue weighted by Crippen LogP contribution is -2.49. The fraction of sp³-hybridized carbons (Fsp3) is 1.00. The molecule has 0 aliphatic carbocycles. The molecule has 0 spiro atoms. The zero-order valence-corrected chi connectivity index (χ0v) is 6.61. The molecule has 0 aromatic rings. The smallest absolute Gasteiger partial charge is 0.0885 e. The van der Waals surface area contributed by atoms with Gasteiger partial charge in [0.25, 0.3) is 0 Å². The first-order valence-corrected chi connectivity index (χ1v) is 4.22. The molecule has 4 heteroatoms. The third kappa shape index (κ3) is 1.22. The van der Waals surface area contributed by atoms with Crippen molar-refractivity contribution in [2.45, 2.75) is 18.9 Å². The van der Waals surface area contributed by atoms with Crippen LogP contribution in [0.15, 0.2) is 10.3 Å². The second-order valence-electron chi connectivity index (χ2n) is 3.44. The summed E-state index contributed by atoms with van der Waals surface area (Å²) in [5.74, 6) is 5.79. The average Bonchev–Trinajstić information content (AvgIpc) is 2.07. The number of fused-ring (bicyclic) bond motifs is 3. The molecular formula is C7H14N4. The average molecular weight is 154 g/mol. The van der Waals surface area contributed by atoms with Crippen LogP contribution >= 0.6 is 0 Å². The van der Waals surface area contributed by atoms with Crippen molar-refractivity contribution in [2.24, 2.45) is 22.1 Å². The van der Waals surface area contributed by atoms with Crippen LogP contribution in [0.25, 0.3) is 0 Å². The molecule has 3 aliphatic rings. The summed E-state index contributed by atoms with van der Waals surface area (Å²) in [4.78, 5) is 2.44. The molecule has 3 fully saturated rings. The van der Waals surface area contributed by atoms with Crippen molar-refractivity contribution in [1.82, 2.24) is 4.90 Å². The quantitative estimate of drug-likeness (QED) is 0.338. The summed E-state index contributed by atoms with van der Waals surface area (Å²) in [6.07, 6.45) is 2.56. The Bertz CT molecular complexity index is 160. The van der Waals surface area contributed by atoms with Crippen LogP contribution in [0.3, 0.4) is 0 Å². The first-order chi connectivity index (χ1) is 5.40. The maximum atomic E-state index is 5.03. The number of piperidine rings is 3. The lowest BCUT2D eigenvalue weighted by Gasteiger charge is -2.42. The minimum Gasteiger partial charge on any atom is -0.305 e. The van der Waals surface area contributed by atoms with Crippen molar-refractivity contribution in [2.75, 3.05) is 19.6 Å². The Labute approximate surface area is 66.4 Å². The van der Waals surface area contributed by atoms with Crippen molar-refractivity contribution in [1.29, 1.82) is 0 Å². The van der Waals surface area contributed by atoms with Crippen LogP contribution < -0.4 is 5.84 Å². The van der Waals surface area contributed by atoms with E-state index in [0.717, 1.165) is 12.5 Å². The van der Waals surface area contributed by atoms with Crippen LogP contribution in [0, 0.1) is 5.92 Å². The normalized spacial score (nSPS) is 43.5. The Kier molecular flexibility index (Phi) is 1.77. The van der Waals surface area contributed by atoms with Crippen LogP contribution in [0.1, 0.15) is 12.8 Å². The van der Waals surface area contributed by atoms with Gasteiger partial charge in [0.2, 0.25) is 0 Å². The van der Waals surface area contributed by atoms with E-state index in [4.69, 9.17) is 5.84 Å². The van der Waals surface area contributed by atoms with Gasteiger partial charge < -0.3 is 10.7 Å². The van der Waals surface area contributed by atoms with Crippen LogP contribution in [-0.2, 0) is 0 Å². The summed E-state index contributed by atoms with van der Waals surface area (Å²) in [6.45, 7) is 3.58. The van der Waals surface area contributed by atoms with Crippen molar-refractivity contribution in [3.05, 3.63) is 0 Å². The van der Waals surface area contributed by atoms with Gasteiger partial charge in [0, 0.05) is 6.54 Å². The lowest BCUT2D eigenvalue weighted by molar-refractivity contribution is 0.0874. The molecule has 62 valence electrons. The van der Waals surface area contributed by atoms with Gasteiger partial charge in [-0.3, -0.25) is 0 Å². The first kappa shape index (κ1) is 7.03. The van der Waals surface area contributed by atoms with Gasteiger partial charge >= 0.3 is 0 Å². The minimum absolute atomic E-state index is 0.391. The third-order valence-corrected chi connectivity index (χ3v) is 2.84. The highest BCUT2D eigenvalue weighted by atomic mass is 15.3. The number of rotatable bonds is 1. The van der Waals surface area contributed by atoms with Crippen LogP contribution in [0.2, 0.25) is 0 Å². The molecule has 0 aromatic carbocycles. The van der Waals surface area contributed by atoms with Crippen molar-refractivity contribution >= 4 is 0 Å². The predicted molar refractivity (Wildman–Crippen MR) is 42.0 cm³/mol. The molecule has 2 bridgehead atoms. The maximum Gasteiger partial charge on any atom is 0.0885 e. The topological polar surface area (TPSA) is 54.0 Å². The summed E-state index contributed by atoms with van der Waals surface area (Å²) < 4.78 is 0. The van der Waals surface area contributed by atoms with E-state index in [1.807, 2.05) is 0 Å². The molecule has 11 heavy (non-hydrogen) atoms. The zero-order valence-electron chi connectivity index (χ0n) is 6.61. The van der Waals surface area contributed by atoms with E-state index in [1.54, 1.807) is 0 Å². The molecule has 0 saturated carbocycles. The van der Waals surface area contributed by atoms with E-state index in [1.165, 1.54) is 25.9 Å². The summed E-state index contributed by atoms with van der Waals surface area (Å²) in [5.41, 5.74) is 0. The van der Waals surface area contributed by atoms with E-state index < -0.39 is 0 Å². The lowest BCUT2D eigenvalue weighted by atomic mass is 9.85.